The standard InChI is InChI=1S/C20H20ClNO4.C14H16O5/c1-24-19-9-14(5-7-18(19)26-13-15-11-25-12-15)6-8-20(23)22-17-4-2-3-16(21)10-17;1-17-13-6-10(3-5-14(15)16)2-4-12(13)19-9-11-7-18-8-11/h2-10,15H,11-13H2,1H3,(H,22,23);2-6,11H,7-9H2,1H3,(H,15,16)/b8-6+;5-3+. The van der Waals surface area contributed by atoms with E-state index in [4.69, 9.17) is 45.1 Å². The van der Waals surface area contributed by atoms with E-state index in [1.54, 1.807) is 62.8 Å². The van der Waals surface area contributed by atoms with Crippen LogP contribution in [0.25, 0.3) is 12.2 Å². The molecule has 5 rings (SSSR count). The van der Waals surface area contributed by atoms with Crippen LogP contribution in [0.2, 0.25) is 5.02 Å². The summed E-state index contributed by atoms with van der Waals surface area (Å²) in [5, 5.41) is 11.9. The van der Waals surface area contributed by atoms with E-state index < -0.39 is 5.97 Å². The minimum atomic E-state index is -0.982. The van der Waals surface area contributed by atoms with Crippen LogP contribution >= 0.6 is 11.6 Å². The number of rotatable bonds is 13. The second-order valence-corrected chi connectivity index (χ2v) is 10.7. The fourth-order valence-corrected chi connectivity index (χ4v) is 4.27. The lowest BCUT2D eigenvalue weighted by Gasteiger charge is -2.26. The minimum Gasteiger partial charge on any atom is -0.493 e. The van der Waals surface area contributed by atoms with Gasteiger partial charge in [-0.2, -0.15) is 0 Å². The Labute approximate surface area is 267 Å². The van der Waals surface area contributed by atoms with Gasteiger partial charge in [-0.05, 0) is 65.7 Å². The van der Waals surface area contributed by atoms with Crippen molar-refractivity contribution in [1.29, 1.82) is 0 Å². The Kier molecular flexibility index (Phi) is 12.7. The molecule has 0 bridgehead atoms. The van der Waals surface area contributed by atoms with Gasteiger partial charge >= 0.3 is 5.97 Å². The molecule has 3 aromatic rings. The summed E-state index contributed by atoms with van der Waals surface area (Å²) < 4.78 is 32.3. The summed E-state index contributed by atoms with van der Waals surface area (Å²) in [4.78, 5) is 22.5. The van der Waals surface area contributed by atoms with Gasteiger partial charge in [0.05, 0.1) is 53.9 Å². The molecule has 1 amide bonds. The molecule has 2 saturated heterocycles. The number of amides is 1. The molecule has 0 aliphatic carbocycles. The maximum atomic E-state index is 12.0. The van der Waals surface area contributed by atoms with Gasteiger partial charge in [0.1, 0.15) is 0 Å². The smallest absolute Gasteiger partial charge is 0.328 e. The third-order valence-corrected chi connectivity index (χ3v) is 6.91. The van der Waals surface area contributed by atoms with Crippen LogP contribution in [0.5, 0.6) is 23.0 Å². The predicted octanol–water partition coefficient (Wildman–Crippen LogP) is 5.84. The molecule has 0 atom stereocenters. The molecule has 0 aromatic heterocycles. The van der Waals surface area contributed by atoms with Crippen molar-refractivity contribution in [2.24, 2.45) is 11.8 Å². The van der Waals surface area contributed by atoms with Crippen molar-refractivity contribution in [3.05, 3.63) is 89.0 Å². The first-order valence-corrected chi connectivity index (χ1v) is 14.6. The number of carboxylic acid groups (broad SMARTS) is 1. The maximum Gasteiger partial charge on any atom is 0.328 e. The number of carbonyl (C=O) groups is 2. The van der Waals surface area contributed by atoms with Crippen LogP contribution in [0.3, 0.4) is 0 Å². The second kappa shape index (κ2) is 17.1. The van der Waals surface area contributed by atoms with Crippen LogP contribution in [0, 0.1) is 11.8 Å². The molecule has 0 saturated carbocycles. The third-order valence-electron chi connectivity index (χ3n) is 6.68. The third kappa shape index (κ3) is 10.9. The Morgan fingerprint density at radius 2 is 1.33 bits per heavy atom. The monoisotopic (exact) mass is 637 g/mol. The van der Waals surface area contributed by atoms with E-state index in [2.05, 4.69) is 5.32 Å². The molecule has 238 valence electrons. The van der Waals surface area contributed by atoms with Gasteiger partial charge in [0.15, 0.2) is 23.0 Å². The largest absolute Gasteiger partial charge is 0.493 e. The van der Waals surface area contributed by atoms with Crippen LogP contribution in [-0.4, -0.2) is 70.8 Å². The lowest BCUT2D eigenvalue weighted by atomic mass is 10.1. The van der Waals surface area contributed by atoms with Crippen LogP contribution in [0.4, 0.5) is 5.69 Å². The van der Waals surface area contributed by atoms with E-state index in [0.29, 0.717) is 58.8 Å². The van der Waals surface area contributed by atoms with Crippen molar-refractivity contribution >= 4 is 41.3 Å². The zero-order chi connectivity index (χ0) is 32.0. The second-order valence-electron chi connectivity index (χ2n) is 10.3. The van der Waals surface area contributed by atoms with Gasteiger partial charge in [0.2, 0.25) is 5.91 Å². The lowest BCUT2D eigenvalue weighted by molar-refractivity contribution is -0.131. The number of benzene rings is 3. The zero-order valence-electron chi connectivity index (χ0n) is 25.1. The lowest BCUT2D eigenvalue weighted by Crippen LogP contribution is -2.32. The molecular weight excluding hydrogens is 602 g/mol. The Bertz CT molecular complexity index is 1500. The number of nitrogens with one attached hydrogen (secondary N) is 1. The number of aliphatic carboxylic acids is 1. The summed E-state index contributed by atoms with van der Waals surface area (Å²) in [6, 6.07) is 17.8. The zero-order valence-corrected chi connectivity index (χ0v) is 25.8. The van der Waals surface area contributed by atoms with Crippen molar-refractivity contribution in [3.63, 3.8) is 0 Å². The molecular formula is C34H36ClNO9. The first-order chi connectivity index (χ1) is 21.8. The van der Waals surface area contributed by atoms with Gasteiger partial charge in [-0.25, -0.2) is 4.79 Å². The quantitative estimate of drug-likeness (QED) is 0.223. The number of hydrogen-bond donors (Lipinski definition) is 2. The van der Waals surface area contributed by atoms with E-state index >= 15 is 0 Å². The SMILES string of the molecule is COc1cc(/C=C/C(=O)Nc2cccc(Cl)c2)ccc1OCC1COC1.COc1cc(/C=C/C(=O)O)ccc1OCC1COC1. The number of methoxy groups -OCH3 is 2. The minimum absolute atomic E-state index is 0.239. The molecule has 2 N–H and O–H groups in total. The van der Waals surface area contributed by atoms with Gasteiger partial charge in [-0.15, -0.1) is 0 Å². The fourth-order valence-electron chi connectivity index (χ4n) is 4.08. The highest BCUT2D eigenvalue weighted by molar-refractivity contribution is 6.30. The first kappa shape index (κ1) is 33.4. The number of carbonyl (C=O) groups excluding carboxylic acids is 1. The number of ether oxygens (including phenoxy) is 6. The average molecular weight is 638 g/mol. The van der Waals surface area contributed by atoms with E-state index in [0.717, 1.165) is 43.6 Å². The molecule has 2 fully saturated rings. The Balaban J connectivity index is 0.000000215. The summed E-state index contributed by atoms with van der Waals surface area (Å²) >= 11 is 5.91. The molecule has 0 radical (unpaired) electrons. The van der Waals surface area contributed by atoms with Crippen LogP contribution < -0.4 is 24.3 Å². The van der Waals surface area contributed by atoms with Gasteiger partial charge in [0.25, 0.3) is 0 Å². The van der Waals surface area contributed by atoms with E-state index in [1.165, 1.54) is 12.2 Å². The van der Waals surface area contributed by atoms with Gasteiger partial charge in [0, 0.05) is 34.7 Å². The van der Waals surface area contributed by atoms with Crippen molar-refractivity contribution in [2.45, 2.75) is 0 Å². The van der Waals surface area contributed by atoms with Crippen molar-refractivity contribution in [3.8, 4) is 23.0 Å². The van der Waals surface area contributed by atoms with Crippen LogP contribution in [-0.2, 0) is 19.1 Å². The van der Waals surface area contributed by atoms with Gasteiger partial charge < -0.3 is 38.8 Å². The highest BCUT2D eigenvalue weighted by Crippen LogP contribution is 2.30. The first-order valence-electron chi connectivity index (χ1n) is 14.3. The molecule has 0 spiro atoms. The molecule has 2 heterocycles. The molecule has 3 aromatic carbocycles. The normalized spacial score (nSPS) is 14.6. The molecule has 10 nitrogen and oxygen atoms in total. The van der Waals surface area contributed by atoms with Crippen LogP contribution in [0.15, 0.2) is 72.8 Å². The summed E-state index contributed by atoms with van der Waals surface area (Å²) in [5.74, 6) is 2.21. The topological polar surface area (TPSA) is 122 Å². The summed E-state index contributed by atoms with van der Waals surface area (Å²) in [5.41, 5.74) is 2.23. The molecule has 0 unspecified atom stereocenters. The number of carboxylic acids is 1. The van der Waals surface area contributed by atoms with Crippen LogP contribution in [0.1, 0.15) is 11.1 Å². The van der Waals surface area contributed by atoms with Crippen molar-refractivity contribution in [2.75, 3.05) is 59.2 Å². The van der Waals surface area contributed by atoms with E-state index in [9.17, 15) is 9.59 Å². The molecule has 11 heteroatoms. The fraction of sp³-hybridized carbons (Fsp3) is 0.294. The predicted molar refractivity (Wildman–Crippen MR) is 171 cm³/mol. The highest BCUT2D eigenvalue weighted by atomic mass is 35.5. The highest BCUT2D eigenvalue weighted by Gasteiger charge is 2.20. The number of hydrogen-bond acceptors (Lipinski definition) is 8. The van der Waals surface area contributed by atoms with Crippen molar-refractivity contribution < 1.29 is 43.1 Å². The Morgan fingerprint density at radius 1 is 0.800 bits per heavy atom. The Morgan fingerprint density at radius 3 is 1.78 bits per heavy atom. The number of halogens is 1. The van der Waals surface area contributed by atoms with Gasteiger partial charge in [-0.3, -0.25) is 4.79 Å². The summed E-state index contributed by atoms with van der Waals surface area (Å²) in [6.45, 7) is 4.16. The Hall–Kier alpha value is -4.51. The summed E-state index contributed by atoms with van der Waals surface area (Å²) in [6.07, 6.45) is 5.77. The van der Waals surface area contributed by atoms with Crippen molar-refractivity contribution in [1.82, 2.24) is 0 Å². The maximum absolute atomic E-state index is 12.0. The van der Waals surface area contributed by atoms with E-state index in [-0.39, 0.29) is 5.91 Å². The summed E-state index contributed by atoms with van der Waals surface area (Å²) in [7, 11) is 3.15. The number of anilines is 1. The average Bonchev–Trinajstić information content (AvgIpc) is 2.98. The molecule has 2 aliphatic rings. The molecule has 2 aliphatic heterocycles. The van der Waals surface area contributed by atoms with E-state index in [1.807, 2.05) is 18.2 Å². The van der Waals surface area contributed by atoms with Gasteiger partial charge in [-0.1, -0.05) is 29.8 Å². The molecule has 45 heavy (non-hydrogen) atoms.